The lowest BCUT2D eigenvalue weighted by Gasteiger charge is -2.17. The molecule has 0 radical (unpaired) electrons. The molecule has 0 unspecified atom stereocenters. The van der Waals surface area contributed by atoms with E-state index in [1.165, 1.54) is 6.92 Å². The smallest absolute Gasteiger partial charge is 0.227 e. The molecule has 0 atom stereocenters. The molecular formula is C8H13ClO2. The van der Waals surface area contributed by atoms with E-state index in [4.69, 9.17) is 11.6 Å². The summed E-state index contributed by atoms with van der Waals surface area (Å²) in [6.45, 7) is 4.99. The second-order valence-electron chi connectivity index (χ2n) is 3.36. The molecule has 0 spiro atoms. The summed E-state index contributed by atoms with van der Waals surface area (Å²) in [7, 11) is 0. The molecule has 0 aliphatic carbocycles. The van der Waals surface area contributed by atoms with E-state index < -0.39 is 5.41 Å². The molecule has 0 saturated carbocycles. The highest BCUT2D eigenvalue weighted by Crippen LogP contribution is 2.25. The zero-order valence-corrected chi connectivity index (χ0v) is 7.86. The van der Waals surface area contributed by atoms with Gasteiger partial charge < -0.3 is 4.79 Å². The third-order valence-electron chi connectivity index (χ3n) is 1.63. The standard InChI is InChI=1S/C8H13ClO2/c1-6(10)4-5-8(2,3)7(9)11/h4-5H2,1-3H3. The van der Waals surface area contributed by atoms with Crippen LogP contribution in [0.5, 0.6) is 0 Å². The molecule has 2 nitrogen and oxygen atoms in total. The van der Waals surface area contributed by atoms with Crippen LogP contribution in [0.3, 0.4) is 0 Å². The van der Waals surface area contributed by atoms with E-state index in [2.05, 4.69) is 0 Å². The van der Waals surface area contributed by atoms with Crippen LogP contribution in [0.25, 0.3) is 0 Å². The molecule has 64 valence electrons. The largest absolute Gasteiger partial charge is 0.300 e. The van der Waals surface area contributed by atoms with Crippen LogP contribution < -0.4 is 0 Å². The highest BCUT2D eigenvalue weighted by molar-refractivity contribution is 6.64. The molecule has 0 heterocycles. The lowest BCUT2D eigenvalue weighted by molar-refractivity contribution is -0.120. The van der Waals surface area contributed by atoms with Crippen LogP contribution in [0.2, 0.25) is 0 Å². The maximum Gasteiger partial charge on any atom is 0.227 e. The topological polar surface area (TPSA) is 34.1 Å². The van der Waals surface area contributed by atoms with Crippen LogP contribution >= 0.6 is 11.6 Å². The van der Waals surface area contributed by atoms with Gasteiger partial charge in [0.1, 0.15) is 5.78 Å². The van der Waals surface area contributed by atoms with E-state index in [0.29, 0.717) is 12.8 Å². The van der Waals surface area contributed by atoms with Crippen LogP contribution in [0.15, 0.2) is 0 Å². The number of carbonyl (C=O) groups excluding carboxylic acids is 2. The summed E-state index contributed by atoms with van der Waals surface area (Å²) in [6, 6.07) is 0. The van der Waals surface area contributed by atoms with Gasteiger partial charge >= 0.3 is 0 Å². The number of hydrogen-bond acceptors (Lipinski definition) is 2. The lowest BCUT2D eigenvalue weighted by Crippen LogP contribution is -2.20. The Morgan fingerprint density at radius 3 is 2.09 bits per heavy atom. The molecule has 0 aromatic carbocycles. The Balaban J connectivity index is 3.92. The first-order valence-electron chi connectivity index (χ1n) is 3.55. The van der Waals surface area contributed by atoms with Gasteiger partial charge in [0.05, 0.1) is 0 Å². The van der Waals surface area contributed by atoms with Crippen molar-refractivity contribution in [3.8, 4) is 0 Å². The fraction of sp³-hybridized carbons (Fsp3) is 0.750. The van der Waals surface area contributed by atoms with E-state index >= 15 is 0 Å². The second-order valence-corrected chi connectivity index (χ2v) is 3.70. The average Bonchev–Trinajstić information content (AvgIpc) is 1.84. The summed E-state index contributed by atoms with van der Waals surface area (Å²) < 4.78 is 0. The highest BCUT2D eigenvalue weighted by atomic mass is 35.5. The number of rotatable bonds is 4. The Labute approximate surface area is 71.9 Å². The summed E-state index contributed by atoms with van der Waals surface area (Å²) in [6.07, 6.45) is 0.954. The number of Topliss-reactive ketones (excluding diaryl/α,β-unsaturated/α-hetero) is 1. The predicted molar refractivity (Wildman–Crippen MR) is 44.6 cm³/mol. The van der Waals surface area contributed by atoms with Crippen molar-refractivity contribution in [2.24, 2.45) is 5.41 Å². The number of hydrogen-bond donors (Lipinski definition) is 0. The first kappa shape index (κ1) is 10.6. The van der Waals surface area contributed by atoms with Crippen LogP contribution in [-0.4, -0.2) is 11.0 Å². The Hall–Kier alpha value is -0.370. The third-order valence-corrected chi connectivity index (χ3v) is 2.15. The van der Waals surface area contributed by atoms with Crippen molar-refractivity contribution in [2.75, 3.05) is 0 Å². The van der Waals surface area contributed by atoms with Gasteiger partial charge in [-0.3, -0.25) is 4.79 Å². The van der Waals surface area contributed by atoms with E-state index in [1.807, 2.05) is 0 Å². The Kier molecular flexibility index (Phi) is 3.73. The van der Waals surface area contributed by atoms with Crippen LogP contribution in [-0.2, 0) is 9.59 Å². The van der Waals surface area contributed by atoms with Gasteiger partial charge in [0.25, 0.3) is 0 Å². The summed E-state index contributed by atoms with van der Waals surface area (Å²) in [4.78, 5) is 21.3. The normalized spacial score (nSPS) is 11.3. The molecule has 0 fully saturated rings. The zero-order valence-electron chi connectivity index (χ0n) is 7.11. The molecule has 3 heteroatoms. The molecule has 0 aliphatic heterocycles. The predicted octanol–water partition coefficient (Wildman–Crippen LogP) is 2.15. The van der Waals surface area contributed by atoms with Crippen molar-refractivity contribution in [2.45, 2.75) is 33.6 Å². The van der Waals surface area contributed by atoms with Gasteiger partial charge in [-0.1, -0.05) is 13.8 Å². The lowest BCUT2D eigenvalue weighted by atomic mass is 9.89. The van der Waals surface area contributed by atoms with Crippen molar-refractivity contribution in [1.29, 1.82) is 0 Å². The monoisotopic (exact) mass is 176 g/mol. The van der Waals surface area contributed by atoms with Gasteiger partial charge in [0, 0.05) is 11.8 Å². The van der Waals surface area contributed by atoms with Gasteiger partial charge in [0.15, 0.2) is 0 Å². The molecule has 0 aromatic heterocycles. The molecule has 11 heavy (non-hydrogen) atoms. The maximum atomic E-state index is 10.7. The fourth-order valence-corrected chi connectivity index (χ4v) is 0.681. The highest BCUT2D eigenvalue weighted by Gasteiger charge is 2.25. The Bertz CT molecular complexity index is 173. The van der Waals surface area contributed by atoms with Crippen molar-refractivity contribution < 1.29 is 9.59 Å². The van der Waals surface area contributed by atoms with Gasteiger partial charge in [0.2, 0.25) is 5.24 Å². The second kappa shape index (κ2) is 3.86. The third kappa shape index (κ3) is 4.14. The first-order valence-corrected chi connectivity index (χ1v) is 3.93. The summed E-state index contributed by atoms with van der Waals surface area (Å²) in [5.74, 6) is 0.0935. The minimum absolute atomic E-state index is 0.0935. The van der Waals surface area contributed by atoms with Crippen molar-refractivity contribution in [3.63, 3.8) is 0 Å². The minimum atomic E-state index is -0.562. The Morgan fingerprint density at radius 2 is 1.82 bits per heavy atom. The maximum absolute atomic E-state index is 10.7. The molecule has 0 amide bonds. The first-order chi connectivity index (χ1) is 4.86. The van der Waals surface area contributed by atoms with E-state index in [0.717, 1.165) is 0 Å². The number of ketones is 1. The van der Waals surface area contributed by atoms with Crippen molar-refractivity contribution in [1.82, 2.24) is 0 Å². The molecule has 0 rings (SSSR count). The van der Waals surface area contributed by atoms with Crippen LogP contribution in [0.4, 0.5) is 0 Å². The van der Waals surface area contributed by atoms with Crippen molar-refractivity contribution in [3.05, 3.63) is 0 Å². The number of carbonyl (C=O) groups is 2. The van der Waals surface area contributed by atoms with E-state index in [-0.39, 0.29) is 11.0 Å². The Morgan fingerprint density at radius 1 is 1.36 bits per heavy atom. The van der Waals surface area contributed by atoms with E-state index in [9.17, 15) is 9.59 Å². The summed E-state index contributed by atoms with van der Waals surface area (Å²) in [5.41, 5.74) is -0.562. The number of halogens is 1. The molecule has 0 saturated heterocycles. The molecule has 0 aliphatic rings. The van der Waals surface area contributed by atoms with Crippen LogP contribution in [0.1, 0.15) is 33.6 Å². The minimum Gasteiger partial charge on any atom is -0.300 e. The molecule has 0 aromatic rings. The summed E-state index contributed by atoms with van der Waals surface area (Å²) >= 11 is 5.30. The summed E-state index contributed by atoms with van der Waals surface area (Å²) in [5, 5.41) is -0.376. The molecular weight excluding hydrogens is 164 g/mol. The van der Waals surface area contributed by atoms with Gasteiger partial charge in [-0.25, -0.2) is 0 Å². The fourth-order valence-electron chi connectivity index (χ4n) is 0.587. The van der Waals surface area contributed by atoms with Gasteiger partial charge in [-0.2, -0.15) is 0 Å². The quantitative estimate of drug-likeness (QED) is 0.616. The molecule has 0 bridgehead atoms. The van der Waals surface area contributed by atoms with Crippen LogP contribution in [0, 0.1) is 5.41 Å². The van der Waals surface area contributed by atoms with Crippen molar-refractivity contribution >= 4 is 22.6 Å². The van der Waals surface area contributed by atoms with E-state index in [1.54, 1.807) is 13.8 Å². The zero-order chi connectivity index (χ0) is 9.07. The van der Waals surface area contributed by atoms with Gasteiger partial charge in [-0.15, -0.1) is 0 Å². The molecule has 0 N–H and O–H groups in total. The average molecular weight is 177 g/mol. The van der Waals surface area contributed by atoms with Gasteiger partial charge in [-0.05, 0) is 24.9 Å². The SMILES string of the molecule is CC(=O)CCC(C)(C)C(=O)Cl.